The summed E-state index contributed by atoms with van der Waals surface area (Å²) in [5.41, 5.74) is 8.83. The average molecular weight is 443 g/mol. The van der Waals surface area contributed by atoms with Crippen LogP contribution in [0.2, 0.25) is 0 Å². The second-order valence-corrected chi connectivity index (χ2v) is 9.55. The Morgan fingerprint density at radius 1 is 1.19 bits per heavy atom. The number of aryl methyl sites for hydroxylation is 2. The zero-order valence-corrected chi connectivity index (χ0v) is 19.6. The van der Waals surface area contributed by atoms with Crippen LogP contribution >= 0.6 is 11.8 Å². The number of rotatable bonds is 9. The molecular formula is C23H30N4O3S. The van der Waals surface area contributed by atoms with Gasteiger partial charge in [-0.3, -0.25) is 4.79 Å². The largest absolute Gasteiger partial charge is 0.423 e. The van der Waals surface area contributed by atoms with Crippen LogP contribution in [0.15, 0.2) is 32.6 Å². The lowest BCUT2D eigenvalue weighted by molar-refractivity contribution is -0.118. The molecule has 2 heterocycles. The molecule has 0 spiro atoms. The predicted molar refractivity (Wildman–Crippen MR) is 123 cm³/mol. The fraction of sp³-hybridized carbons (Fsp3) is 0.478. The first-order valence-corrected chi connectivity index (χ1v) is 11.5. The highest BCUT2D eigenvalue weighted by atomic mass is 32.2. The fourth-order valence-corrected chi connectivity index (χ4v) is 4.63. The van der Waals surface area contributed by atoms with Gasteiger partial charge in [0.05, 0.1) is 0 Å². The van der Waals surface area contributed by atoms with Crippen LogP contribution in [0.25, 0.3) is 11.0 Å². The van der Waals surface area contributed by atoms with Crippen molar-refractivity contribution in [3.63, 3.8) is 0 Å². The summed E-state index contributed by atoms with van der Waals surface area (Å²) in [5, 5.41) is 10.4. The van der Waals surface area contributed by atoms with Crippen molar-refractivity contribution in [3.8, 4) is 0 Å². The number of carbonyl (C=O) groups is 1. The summed E-state index contributed by atoms with van der Waals surface area (Å²) in [4.78, 5) is 23.4. The molecule has 0 aliphatic heterocycles. The van der Waals surface area contributed by atoms with Gasteiger partial charge >= 0.3 is 5.63 Å². The molecule has 0 radical (unpaired) electrons. The third-order valence-electron chi connectivity index (χ3n) is 5.13. The minimum Gasteiger partial charge on any atom is -0.423 e. The van der Waals surface area contributed by atoms with E-state index in [1.807, 2.05) is 13.0 Å². The van der Waals surface area contributed by atoms with Crippen molar-refractivity contribution in [2.24, 2.45) is 11.7 Å². The molecule has 1 amide bonds. The normalized spacial score (nSPS) is 11.7. The second-order valence-electron chi connectivity index (χ2n) is 8.61. The maximum absolute atomic E-state index is 12.2. The van der Waals surface area contributed by atoms with Crippen LogP contribution in [0, 0.1) is 12.8 Å². The number of nitrogens with zero attached hydrogens (tertiary/aromatic N) is 3. The lowest BCUT2D eigenvalue weighted by Gasteiger charge is -2.14. The lowest BCUT2D eigenvalue weighted by Crippen LogP contribution is -2.15. The number of fused-ring (bicyclic) bond motifs is 1. The number of carbonyl (C=O) groups excluding carboxylic acids is 1. The Bertz CT molecular complexity index is 1150. The van der Waals surface area contributed by atoms with Gasteiger partial charge in [0.2, 0.25) is 5.91 Å². The van der Waals surface area contributed by atoms with Gasteiger partial charge in [-0.25, -0.2) is 4.79 Å². The van der Waals surface area contributed by atoms with Gasteiger partial charge in [0.1, 0.15) is 11.4 Å². The molecule has 7 nitrogen and oxygen atoms in total. The monoisotopic (exact) mass is 442 g/mol. The maximum atomic E-state index is 12.2. The van der Waals surface area contributed by atoms with Gasteiger partial charge < -0.3 is 14.7 Å². The molecule has 31 heavy (non-hydrogen) atoms. The van der Waals surface area contributed by atoms with E-state index in [0.29, 0.717) is 29.6 Å². The molecule has 0 saturated heterocycles. The van der Waals surface area contributed by atoms with Gasteiger partial charge in [0.15, 0.2) is 5.16 Å². The molecule has 0 atom stereocenters. The Hall–Kier alpha value is -2.61. The minimum atomic E-state index is -0.356. The van der Waals surface area contributed by atoms with Crippen LogP contribution in [0.5, 0.6) is 0 Å². The summed E-state index contributed by atoms with van der Waals surface area (Å²) in [6.07, 6.45) is 0.701. The van der Waals surface area contributed by atoms with Crippen molar-refractivity contribution < 1.29 is 9.21 Å². The summed E-state index contributed by atoms with van der Waals surface area (Å²) >= 11 is 1.53. The van der Waals surface area contributed by atoms with Gasteiger partial charge in [-0.05, 0) is 47.6 Å². The third kappa shape index (κ3) is 5.55. The summed E-state index contributed by atoms with van der Waals surface area (Å²) in [6, 6.07) is 5.64. The Kier molecular flexibility index (Phi) is 7.20. The molecule has 0 aliphatic rings. The first kappa shape index (κ1) is 23.1. The van der Waals surface area contributed by atoms with E-state index < -0.39 is 0 Å². The van der Waals surface area contributed by atoms with Crippen LogP contribution in [0.1, 0.15) is 62.5 Å². The quantitative estimate of drug-likeness (QED) is 0.394. The zero-order chi connectivity index (χ0) is 22.7. The van der Waals surface area contributed by atoms with Gasteiger partial charge in [-0.2, -0.15) is 0 Å². The highest BCUT2D eigenvalue weighted by molar-refractivity contribution is 7.98. The first-order valence-electron chi connectivity index (χ1n) is 10.6. The maximum Gasteiger partial charge on any atom is 0.336 e. The van der Waals surface area contributed by atoms with Gasteiger partial charge in [-0.1, -0.05) is 39.5 Å². The highest BCUT2D eigenvalue weighted by Gasteiger charge is 2.17. The lowest BCUT2D eigenvalue weighted by atomic mass is 9.95. The van der Waals surface area contributed by atoms with Gasteiger partial charge in [-0.15, -0.1) is 10.2 Å². The van der Waals surface area contributed by atoms with Crippen molar-refractivity contribution in [3.05, 3.63) is 51.1 Å². The molecule has 8 heteroatoms. The average Bonchev–Trinajstić information content (AvgIpc) is 3.04. The summed E-state index contributed by atoms with van der Waals surface area (Å²) in [5.74, 6) is 1.73. The summed E-state index contributed by atoms with van der Waals surface area (Å²) in [7, 11) is 0. The highest BCUT2D eigenvalue weighted by Crippen LogP contribution is 2.30. The van der Waals surface area contributed by atoms with Gasteiger partial charge in [0.25, 0.3) is 0 Å². The molecule has 0 aliphatic carbocycles. The molecule has 1 aromatic carbocycles. The Morgan fingerprint density at radius 3 is 2.58 bits per heavy atom. The summed E-state index contributed by atoms with van der Waals surface area (Å²) in [6.45, 7) is 11.3. The van der Waals surface area contributed by atoms with E-state index in [-0.39, 0.29) is 18.0 Å². The number of hydrogen-bond donors (Lipinski definition) is 1. The molecular weight excluding hydrogens is 412 g/mol. The molecule has 166 valence electrons. The number of aromatic nitrogens is 3. The number of nitrogens with two attached hydrogens (primary N) is 1. The standard InChI is InChI=1S/C23H30N4O3S/c1-13(2)11-27-21(7-6-20(24)28)25-26-23(27)31-12-16-9-22(29)30-19-8-15(5)17(14(3)4)10-18(16)19/h8-10,13-14H,6-7,11-12H2,1-5H3,(H2,24,28). The van der Waals surface area contributed by atoms with Crippen molar-refractivity contribution in [2.75, 3.05) is 0 Å². The SMILES string of the molecule is Cc1cc2oc(=O)cc(CSc3nnc(CCC(N)=O)n3CC(C)C)c2cc1C(C)C. The molecule has 0 fully saturated rings. The smallest absolute Gasteiger partial charge is 0.336 e. The van der Waals surface area contributed by atoms with Gasteiger partial charge in [0, 0.05) is 36.6 Å². The molecule has 0 saturated carbocycles. The van der Waals surface area contributed by atoms with E-state index in [2.05, 4.69) is 48.5 Å². The zero-order valence-electron chi connectivity index (χ0n) is 18.8. The van der Waals surface area contributed by atoms with Crippen LogP contribution in [-0.2, 0) is 23.5 Å². The number of amides is 1. The molecule has 0 unspecified atom stereocenters. The van der Waals surface area contributed by atoms with Crippen molar-refractivity contribution >= 4 is 28.6 Å². The Labute approximate surface area is 186 Å². The molecule has 3 rings (SSSR count). The minimum absolute atomic E-state index is 0.239. The fourth-order valence-electron chi connectivity index (χ4n) is 3.67. The van der Waals surface area contributed by atoms with Crippen LogP contribution in [0.3, 0.4) is 0 Å². The molecule has 2 aromatic heterocycles. The molecule has 0 bridgehead atoms. The molecule has 3 aromatic rings. The Balaban J connectivity index is 1.94. The van der Waals surface area contributed by atoms with E-state index in [9.17, 15) is 9.59 Å². The third-order valence-corrected chi connectivity index (χ3v) is 6.15. The number of hydrogen-bond acceptors (Lipinski definition) is 6. The van der Waals surface area contributed by atoms with E-state index in [1.165, 1.54) is 17.3 Å². The van der Waals surface area contributed by atoms with Crippen LogP contribution < -0.4 is 11.4 Å². The summed E-state index contributed by atoms with van der Waals surface area (Å²) < 4.78 is 7.51. The van der Waals surface area contributed by atoms with E-state index in [4.69, 9.17) is 10.2 Å². The van der Waals surface area contributed by atoms with Crippen molar-refractivity contribution in [2.45, 2.75) is 70.8 Å². The Morgan fingerprint density at radius 2 is 1.94 bits per heavy atom. The number of thioether (sulfide) groups is 1. The predicted octanol–water partition coefficient (Wildman–Crippen LogP) is 4.18. The van der Waals surface area contributed by atoms with E-state index in [0.717, 1.165) is 34.0 Å². The topological polar surface area (TPSA) is 104 Å². The van der Waals surface area contributed by atoms with Crippen molar-refractivity contribution in [1.29, 1.82) is 0 Å². The molecule has 2 N–H and O–H groups in total. The van der Waals surface area contributed by atoms with E-state index in [1.54, 1.807) is 6.07 Å². The number of primary amides is 1. The van der Waals surface area contributed by atoms with Crippen LogP contribution in [-0.4, -0.2) is 20.7 Å². The first-order chi connectivity index (χ1) is 14.7. The number of benzene rings is 1. The second kappa shape index (κ2) is 9.68. The van der Waals surface area contributed by atoms with Crippen LogP contribution in [0.4, 0.5) is 0 Å². The van der Waals surface area contributed by atoms with E-state index >= 15 is 0 Å². The van der Waals surface area contributed by atoms with Crippen molar-refractivity contribution in [1.82, 2.24) is 14.8 Å².